The summed E-state index contributed by atoms with van der Waals surface area (Å²) < 4.78 is 16.7. The highest BCUT2D eigenvalue weighted by molar-refractivity contribution is 7.58. The van der Waals surface area contributed by atoms with Gasteiger partial charge in [0.2, 0.25) is 7.37 Å². The number of nitrogens with two attached hydrogens (primary N) is 1. The third kappa shape index (κ3) is 4.22. The summed E-state index contributed by atoms with van der Waals surface area (Å²) in [6, 6.07) is 8.42. The number of methoxy groups -OCH3 is 1. The fourth-order valence-corrected chi connectivity index (χ4v) is 2.92. The van der Waals surface area contributed by atoms with Gasteiger partial charge in [0.1, 0.15) is 6.23 Å². The predicted octanol–water partition coefficient (Wildman–Crippen LogP) is 1.27. The Hall–Kier alpha value is -0.710. The first-order valence-corrected chi connectivity index (χ1v) is 7.21. The molecule has 0 saturated heterocycles. The summed E-state index contributed by atoms with van der Waals surface area (Å²) in [7, 11) is -2.25. The van der Waals surface area contributed by atoms with Crippen molar-refractivity contribution < 1.29 is 19.3 Å². The highest BCUT2D eigenvalue weighted by Crippen LogP contribution is 2.54. The van der Waals surface area contributed by atoms with Crippen LogP contribution in [0.1, 0.15) is 17.8 Å². The standard InChI is InChI=1S/C11H18NO4P/c1-16-10(12)7-8-17(14,15)11(13)9-5-3-2-4-6-9/h2-6,10-11,13H,7-8,12H2,1H3,(H,14,15)/t10-,11?/m1/s1. The van der Waals surface area contributed by atoms with Crippen LogP contribution in [0.3, 0.4) is 0 Å². The van der Waals surface area contributed by atoms with Crippen LogP contribution in [0.5, 0.6) is 0 Å². The summed E-state index contributed by atoms with van der Waals surface area (Å²) in [5.74, 6) is -1.37. The largest absolute Gasteiger partial charge is 0.378 e. The van der Waals surface area contributed by atoms with E-state index < -0.39 is 19.4 Å². The van der Waals surface area contributed by atoms with Crippen molar-refractivity contribution in [1.82, 2.24) is 0 Å². The van der Waals surface area contributed by atoms with Crippen LogP contribution in [-0.2, 0) is 9.30 Å². The Labute approximate surface area is 101 Å². The number of rotatable bonds is 6. The lowest BCUT2D eigenvalue weighted by Crippen LogP contribution is -2.23. The molecule has 0 heterocycles. The lowest BCUT2D eigenvalue weighted by Gasteiger charge is -2.19. The summed E-state index contributed by atoms with van der Waals surface area (Å²) in [4.78, 5) is 9.78. The minimum atomic E-state index is -3.68. The quantitative estimate of drug-likeness (QED) is 0.528. The molecule has 0 aliphatic rings. The molecular formula is C11H18NO4P. The number of benzene rings is 1. The molecule has 4 N–H and O–H groups in total. The number of hydrogen-bond acceptors (Lipinski definition) is 4. The minimum absolute atomic E-state index is 0.0714. The molecule has 0 spiro atoms. The van der Waals surface area contributed by atoms with Crippen LogP contribution < -0.4 is 5.73 Å². The maximum Gasteiger partial charge on any atom is 0.232 e. The van der Waals surface area contributed by atoms with E-state index in [9.17, 15) is 14.6 Å². The van der Waals surface area contributed by atoms with Gasteiger partial charge in [-0.2, -0.15) is 0 Å². The molecule has 2 unspecified atom stereocenters. The smallest absolute Gasteiger partial charge is 0.232 e. The average Bonchev–Trinajstić information content (AvgIpc) is 2.36. The first kappa shape index (κ1) is 14.4. The van der Waals surface area contributed by atoms with Gasteiger partial charge >= 0.3 is 0 Å². The van der Waals surface area contributed by atoms with E-state index >= 15 is 0 Å². The molecule has 0 aliphatic heterocycles. The van der Waals surface area contributed by atoms with Gasteiger partial charge in [-0.15, -0.1) is 0 Å². The second kappa shape index (κ2) is 6.28. The zero-order valence-electron chi connectivity index (χ0n) is 9.69. The summed E-state index contributed by atoms with van der Waals surface area (Å²) >= 11 is 0. The first-order chi connectivity index (χ1) is 7.97. The summed E-state index contributed by atoms with van der Waals surface area (Å²) in [6.07, 6.45) is -0.426. The van der Waals surface area contributed by atoms with Crippen molar-refractivity contribution in [2.75, 3.05) is 13.3 Å². The number of aliphatic hydroxyl groups excluding tert-OH is 1. The Kier molecular flexibility index (Phi) is 5.31. The summed E-state index contributed by atoms with van der Waals surface area (Å²) in [5, 5.41) is 9.84. The molecule has 17 heavy (non-hydrogen) atoms. The molecule has 1 rings (SSSR count). The van der Waals surface area contributed by atoms with Crippen LogP contribution in [0.2, 0.25) is 0 Å². The zero-order valence-corrected chi connectivity index (χ0v) is 10.6. The van der Waals surface area contributed by atoms with Crippen molar-refractivity contribution in [2.45, 2.75) is 18.5 Å². The molecule has 0 amide bonds. The maximum atomic E-state index is 11.9. The lowest BCUT2D eigenvalue weighted by molar-refractivity contribution is 0.105. The monoisotopic (exact) mass is 259 g/mol. The molecule has 5 nitrogen and oxygen atoms in total. The van der Waals surface area contributed by atoms with Gasteiger partial charge in [-0.25, -0.2) is 0 Å². The van der Waals surface area contributed by atoms with Crippen molar-refractivity contribution in [1.29, 1.82) is 0 Å². The van der Waals surface area contributed by atoms with Gasteiger partial charge in [0, 0.05) is 13.3 Å². The van der Waals surface area contributed by atoms with Gasteiger partial charge in [-0.1, -0.05) is 30.3 Å². The van der Waals surface area contributed by atoms with E-state index in [2.05, 4.69) is 0 Å². The molecule has 0 fully saturated rings. The van der Waals surface area contributed by atoms with Gasteiger partial charge in [0.15, 0.2) is 5.85 Å². The van der Waals surface area contributed by atoms with Crippen molar-refractivity contribution in [3.8, 4) is 0 Å². The van der Waals surface area contributed by atoms with Crippen LogP contribution in [0, 0.1) is 0 Å². The zero-order chi connectivity index (χ0) is 12.9. The highest BCUT2D eigenvalue weighted by atomic mass is 31.2. The summed E-state index contributed by atoms with van der Waals surface area (Å²) in [6.45, 7) is 0. The molecule has 0 aromatic heterocycles. The van der Waals surface area contributed by atoms with E-state index in [1.54, 1.807) is 30.3 Å². The predicted molar refractivity (Wildman–Crippen MR) is 65.7 cm³/mol. The molecule has 96 valence electrons. The second-order valence-corrected chi connectivity index (χ2v) is 6.27. The normalized spacial score (nSPS) is 18.4. The Morgan fingerprint density at radius 1 is 1.41 bits per heavy atom. The molecule has 6 heteroatoms. The number of hydrogen-bond donors (Lipinski definition) is 3. The van der Waals surface area contributed by atoms with Gasteiger partial charge in [-0.3, -0.25) is 4.57 Å². The van der Waals surface area contributed by atoms with E-state index in [4.69, 9.17) is 10.5 Å². The van der Waals surface area contributed by atoms with Gasteiger partial charge in [0.25, 0.3) is 0 Å². The number of aliphatic hydroxyl groups is 1. The van der Waals surface area contributed by atoms with Crippen molar-refractivity contribution in [3.05, 3.63) is 35.9 Å². The van der Waals surface area contributed by atoms with E-state index in [1.165, 1.54) is 7.11 Å². The molecule has 0 radical (unpaired) electrons. The molecule has 0 bridgehead atoms. The lowest BCUT2D eigenvalue weighted by atomic mass is 10.2. The molecular weight excluding hydrogens is 241 g/mol. The van der Waals surface area contributed by atoms with Crippen LogP contribution in [-0.4, -0.2) is 29.5 Å². The van der Waals surface area contributed by atoms with Gasteiger partial charge in [-0.05, 0) is 12.0 Å². The highest BCUT2D eigenvalue weighted by Gasteiger charge is 2.30. The second-order valence-electron chi connectivity index (χ2n) is 3.83. The minimum Gasteiger partial charge on any atom is -0.378 e. The maximum absolute atomic E-state index is 11.9. The van der Waals surface area contributed by atoms with Crippen LogP contribution in [0.15, 0.2) is 30.3 Å². The van der Waals surface area contributed by atoms with Gasteiger partial charge < -0.3 is 20.5 Å². The Bertz CT molecular complexity index is 384. The van der Waals surface area contributed by atoms with Crippen molar-refractivity contribution >= 4 is 7.37 Å². The number of ether oxygens (including phenoxy) is 1. The molecule has 1 aromatic rings. The van der Waals surface area contributed by atoms with Crippen molar-refractivity contribution in [2.24, 2.45) is 5.73 Å². The van der Waals surface area contributed by atoms with Crippen LogP contribution in [0.25, 0.3) is 0 Å². The molecule has 1 aromatic carbocycles. The van der Waals surface area contributed by atoms with E-state index in [0.29, 0.717) is 5.56 Å². The third-order valence-electron chi connectivity index (χ3n) is 2.52. The summed E-state index contributed by atoms with van der Waals surface area (Å²) in [5.41, 5.74) is 5.92. The van der Waals surface area contributed by atoms with Gasteiger partial charge in [0.05, 0.1) is 0 Å². The van der Waals surface area contributed by atoms with Crippen LogP contribution in [0.4, 0.5) is 0 Å². The third-order valence-corrected chi connectivity index (χ3v) is 4.48. The average molecular weight is 259 g/mol. The Balaban J connectivity index is 2.67. The SMILES string of the molecule is CO[C@@H](N)CCP(=O)(O)C(O)c1ccccc1. The molecule has 0 saturated carbocycles. The topological polar surface area (TPSA) is 92.8 Å². The fourth-order valence-electron chi connectivity index (χ4n) is 1.41. The first-order valence-electron chi connectivity index (χ1n) is 5.30. The molecule has 0 aliphatic carbocycles. The van der Waals surface area contributed by atoms with Crippen LogP contribution >= 0.6 is 7.37 Å². The Morgan fingerprint density at radius 2 is 2.00 bits per heavy atom. The molecule has 3 atom stereocenters. The van der Waals surface area contributed by atoms with E-state index in [-0.39, 0.29) is 12.6 Å². The van der Waals surface area contributed by atoms with Crippen molar-refractivity contribution in [3.63, 3.8) is 0 Å². The van der Waals surface area contributed by atoms with E-state index in [0.717, 1.165) is 0 Å². The van der Waals surface area contributed by atoms with E-state index in [1.807, 2.05) is 0 Å². The Morgan fingerprint density at radius 3 is 2.53 bits per heavy atom. The fraction of sp³-hybridized carbons (Fsp3) is 0.455.